The average Bonchev–Trinajstić information content (AvgIpc) is 3.14. The number of halogens is 1. The predicted molar refractivity (Wildman–Crippen MR) is 109 cm³/mol. The first-order valence-corrected chi connectivity index (χ1v) is 8.90. The van der Waals surface area contributed by atoms with E-state index in [4.69, 9.17) is 16.1 Å². The van der Waals surface area contributed by atoms with Crippen molar-refractivity contribution in [1.29, 1.82) is 0 Å². The van der Waals surface area contributed by atoms with Crippen molar-refractivity contribution >= 4 is 56.7 Å². The number of aromatic nitrogens is 4. The normalized spacial score (nSPS) is 11.0. The van der Waals surface area contributed by atoms with Gasteiger partial charge in [-0.15, -0.1) is 0 Å². The van der Waals surface area contributed by atoms with Crippen molar-refractivity contribution in [3.05, 3.63) is 72.0 Å². The molecule has 4 aromatic heterocycles. The maximum Gasteiger partial charge on any atom is 0.212 e. The highest BCUT2D eigenvalue weighted by Crippen LogP contribution is 2.35. The zero-order chi connectivity index (χ0) is 18.9. The molecule has 0 unspecified atom stereocenters. The topological polar surface area (TPSA) is 88.8 Å². The van der Waals surface area contributed by atoms with Gasteiger partial charge in [0.05, 0.1) is 10.5 Å². The molecule has 0 spiro atoms. The second kappa shape index (κ2) is 6.79. The van der Waals surface area contributed by atoms with Crippen molar-refractivity contribution < 1.29 is 4.52 Å². The molecule has 0 amide bonds. The van der Waals surface area contributed by atoms with Gasteiger partial charge in [0.2, 0.25) is 11.4 Å². The van der Waals surface area contributed by atoms with Crippen LogP contribution < -0.4 is 10.6 Å². The van der Waals surface area contributed by atoms with Crippen LogP contribution >= 0.6 is 11.6 Å². The lowest BCUT2D eigenvalue weighted by Gasteiger charge is -2.08. The van der Waals surface area contributed by atoms with Crippen molar-refractivity contribution in [1.82, 2.24) is 20.1 Å². The van der Waals surface area contributed by atoms with Crippen molar-refractivity contribution in [3.8, 4) is 0 Å². The van der Waals surface area contributed by atoms with Crippen LogP contribution in [0.3, 0.4) is 0 Å². The summed E-state index contributed by atoms with van der Waals surface area (Å²) in [5.41, 5.74) is 2.40. The number of benzene rings is 1. The van der Waals surface area contributed by atoms with E-state index in [0.717, 1.165) is 10.9 Å². The largest absolute Gasteiger partial charge is 0.350 e. The second-order valence-corrected chi connectivity index (χ2v) is 6.45. The van der Waals surface area contributed by atoms with Crippen LogP contribution in [0.25, 0.3) is 22.0 Å². The molecule has 0 radical (unpaired) electrons. The summed E-state index contributed by atoms with van der Waals surface area (Å²) < 4.78 is 5.52. The molecule has 0 saturated heterocycles. The van der Waals surface area contributed by atoms with E-state index in [-0.39, 0.29) is 0 Å². The lowest BCUT2D eigenvalue weighted by atomic mass is 10.2. The molecule has 136 valence electrons. The monoisotopic (exact) mass is 388 g/mol. The van der Waals surface area contributed by atoms with Crippen molar-refractivity contribution in [2.24, 2.45) is 0 Å². The minimum atomic E-state index is 0.406. The predicted octanol–water partition coefficient (Wildman–Crippen LogP) is 5.31. The van der Waals surface area contributed by atoms with Gasteiger partial charge in [-0.25, -0.2) is 15.0 Å². The Balaban J connectivity index is 1.54. The van der Waals surface area contributed by atoms with Crippen LogP contribution in [-0.2, 0) is 0 Å². The Hall–Kier alpha value is -3.71. The van der Waals surface area contributed by atoms with Gasteiger partial charge in [-0.05, 0) is 30.3 Å². The number of para-hydroxylation sites is 1. The third kappa shape index (κ3) is 2.97. The van der Waals surface area contributed by atoms with Gasteiger partial charge in [-0.3, -0.25) is 0 Å². The summed E-state index contributed by atoms with van der Waals surface area (Å²) in [4.78, 5) is 13.2. The van der Waals surface area contributed by atoms with E-state index in [1.54, 1.807) is 12.4 Å². The smallest absolute Gasteiger partial charge is 0.212 e. The number of nitrogens with zero attached hydrogens (tertiary/aromatic N) is 4. The SMILES string of the molecule is Clc1cnc2c(Nc3ccccn3)noc2c1Nc1ccc2ccccc2n1. The zero-order valence-corrected chi connectivity index (χ0v) is 15.2. The molecule has 2 N–H and O–H groups in total. The quantitative estimate of drug-likeness (QED) is 0.431. The molecule has 0 aliphatic carbocycles. The Morgan fingerprint density at radius 2 is 1.75 bits per heavy atom. The van der Waals surface area contributed by atoms with Crippen molar-refractivity contribution in [3.63, 3.8) is 0 Å². The first-order valence-electron chi connectivity index (χ1n) is 8.53. The lowest BCUT2D eigenvalue weighted by molar-refractivity contribution is 0.461. The average molecular weight is 389 g/mol. The molecule has 7 nitrogen and oxygen atoms in total. The Morgan fingerprint density at radius 1 is 0.857 bits per heavy atom. The highest BCUT2D eigenvalue weighted by molar-refractivity contribution is 6.34. The Kier molecular flexibility index (Phi) is 3.99. The van der Waals surface area contributed by atoms with E-state index in [2.05, 4.69) is 30.7 Å². The maximum atomic E-state index is 6.37. The fourth-order valence-corrected chi connectivity index (χ4v) is 3.07. The molecule has 0 saturated carbocycles. The van der Waals surface area contributed by atoms with Crippen LogP contribution in [0.5, 0.6) is 0 Å². The van der Waals surface area contributed by atoms with Crippen molar-refractivity contribution in [2.45, 2.75) is 0 Å². The molecule has 0 atom stereocenters. The minimum absolute atomic E-state index is 0.406. The van der Waals surface area contributed by atoms with Gasteiger partial charge in [0, 0.05) is 17.8 Å². The summed E-state index contributed by atoms with van der Waals surface area (Å²) in [6.45, 7) is 0. The van der Waals surface area contributed by atoms with E-state index in [0.29, 0.717) is 39.3 Å². The number of hydrogen-bond donors (Lipinski definition) is 2. The molecule has 0 aliphatic heterocycles. The molecule has 0 fully saturated rings. The first kappa shape index (κ1) is 16.5. The fraction of sp³-hybridized carbons (Fsp3) is 0. The van der Waals surface area contributed by atoms with E-state index < -0.39 is 0 Å². The number of rotatable bonds is 4. The molecule has 4 heterocycles. The highest BCUT2D eigenvalue weighted by Gasteiger charge is 2.17. The summed E-state index contributed by atoms with van der Waals surface area (Å²) in [5.74, 6) is 1.74. The van der Waals surface area contributed by atoms with Crippen LogP contribution in [0.15, 0.2) is 71.5 Å². The molecule has 28 heavy (non-hydrogen) atoms. The number of hydrogen-bond acceptors (Lipinski definition) is 7. The molecule has 0 aliphatic rings. The van der Waals surface area contributed by atoms with Gasteiger partial charge in [-0.1, -0.05) is 41.0 Å². The molecular formula is C20H13ClN6O. The van der Waals surface area contributed by atoms with E-state index in [9.17, 15) is 0 Å². The van der Waals surface area contributed by atoms with Gasteiger partial charge in [0.25, 0.3) is 0 Å². The van der Waals surface area contributed by atoms with Gasteiger partial charge in [-0.2, -0.15) is 0 Å². The zero-order valence-electron chi connectivity index (χ0n) is 14.4. The van der Waals surface area contributed by atoms with Gasteiger partial charge >= 0.3 is 0 Å². The molecular weight excluding hydrogens is 376 g/mol. The van der Waals surface area contributed by atoms with E-state index in [1.807, 2.05) is 54.6 Å². The van der Waals surface area contributed by atoms with Crippen LogP contribution in [-0.4, -0.2) is 20.1 Å². The number of nitrogens with one attached hydrogen (secondary N) is 2. The molecule has 0 bridgehead atoms. The van der Waals surface area contributed by atoms with Crippen LogP contribution in [0.4, 0.5) is 23.1 Å². The number of pyridine rings is 3. The third-order valence-corrected chi connectivity index (χ3v) is 4.49. The third-order valence-electron chi connectivity index (χ3n) is 4.20. The second-order valence-electron chi connectivity index (χ2n) is 6.04. The van der Waals surface area contributed by atoms with Crippen LogP contribution in [0.2, 0.25) is 5.02 Å². The Morgan fingerprint density at radius 3 is 2.64 bits per heavy atom. The lowest BCUT2D eigenvalue weighted by Crippen LogP contribution is -1.97. The van der Waals surface area contributed by atoms with E-state index >= 15 is 0 Å². The van der Waals surface area contributed by atoms with Crippen molar-refractivity contribution in [2.75, 3.05) is 10.6 Å². The minimum Gasteiger partial charge on any atom is -0.350 e. The number of anilines is 4. The summed E-state index contributed by atoms with van der Waals surface area (Å²) in [5, 5.41) is 11.9. The summed E-state index contributed by atoms with van der Waals surface area (Å²) in [6, 6.07) is 17.3. The molecule has 5 aromatic rings. The maximum absolute atomic E-state index is 6.37. The summed E-state index contributed by atoms with van der Waals surface area (Å²) >= 11 is 6.37. The fourth-order valence-electron chi connectivity index (χ4n) is 2.88. The Bertz CT molecular complexity index is 1290. The van der Waals surface area contributed by atoms with Gasteiger partial charge in [0.15, 0.2) is 5.52 Å². The molecule has 1 aromatic carbocycles. The van der Waals surface area contributed by atoms with Crippen LogP contribution in [0.1, 0.15) is 0 Å². The van der Waals surface area contributed by atoms with E-state index in [1.165, 1.54) is 0 Å². The molecule has 8 heteroatoms. The standard InChI is InChI=1S/C20H13ClN6O/c21-13-11-23-18-19(28-27-20(18)26-15-7-3-4-10-22-15)17(13)25-16-9-8-12-5-1-2-6-14(12)24-16/h1-11H,(H,22,26,27)(H,23,24,25). The van der Waals surface area contributed by atoms with Crippen LogP contribution in [0, 0.1) is 0 Å². The Labute approximate surface area is 164 Å². The number of fused-ring (bicyclic) bond motifs is 2. The first-order chi connectivity index (χ1) is 13.8. The summed E-state index contributed by atoms with van der Waals surface area (Å²) in [6.07, 6.45) is 3.24. The molecule has 5 rings (SSSR count). The van der Waals surface area contributed by atoms with Gasteiger partial charge < -0.3 is 15.2 Å². The summed E-state index contributed by atoms with van der Waals surface area (Å²) in [7, 11) is 0. The highest BCUT2D eigenvalue weighted by atomic mass is 35.5. The van der Waals surface area contributed by atoms with Gasteiger partial charge in [0.1, 0.15) is 17.3 Å².